The van der Waals surface area contributed by atoms with Crippen LogP contribution in [0.4, 0.5) is 5.69 Å². The van der Waals surface area contributed by atoms with Crippen LogP contribution < -0.4 is 0 Å². The lowest BCUT2D eigenvalue weighted by atomic mass is 10.3. The van der Waals surface area contributed by atoms with Gasteiger partial charge in [0.25, 0.3) is 10.1 Å². The number of aromatic hydroxyl groups is 1. The van der Waals surface area contributed by atoms with E-state index < -0.39 is 36.4 Å². The highest BCUT2D eigenvalue weighted by Crippen LogP contribution is 2.35. The van der Waals surface area contributed by atoms with E-state index in [-0.39, 0.29) is 0 Å². The van der Waals surface area contributed by atoms with E-state index in [4.69, 9.17) is 21.3 Å². The van der Waals surface area contributed by atoms with E-state index in [1.54, 1.807) is 0 Å². The van der Waals surface area contributed by atoms with Gasteiger partial charge in [0, 0.05) is 6.07 Å². The van der Waals surface area contributed by atoms with Crippen LogP contribution in [0.1, 0.15) is 0 Å². The minimum atomic E-state index is -4.60. The molecule has 2 N–H and O–H groups in total. The summed E-state index contributed by atoms with van der Waals surface area (Å²) in [5, 5.41) is 18.9. The predicted molar refractivity (Wildman–Crippen MR) is 49.6 cm³/mol. The molecular formula is C6H4ClNO6S. The Morgan fingerprint density at radius 3 is 2.33 bits per heavy atom. The molecule has 0 atom stereocenters. The lowest BCUT2D eigenvalue weighted by Crippen LogP contribution is -2.00. The van der Waals surface area contributed by atoms with Gasteiger partial charge in [-0.05, 0) is 6.07 Å². The molecule has 0 spiro atoms. The zero-order valence-electron chi connectivity index (χ0n) is 6.92. The second kappa shape index (κ2) is 3.65. The molecule has 0 aliphatic heterocycles. The molecule has 1 aromatic rings. The van der Waals surface area contributed by atoms with Gasteiger partial charge < -0.3 is 5.11 Å². The molecule has 0 bridgehead atoms. The summed E-state index contributed by atoms with van der Waals surface area (Å²) >= 11 is 5.34. The largest absolute Gasteiger partial charge is 0.501 e. The first-order valence-corrected chi connectivity index (χ1v) is 5.19. The number of nitrogens with zero attached hydrogens (tertiary/aromatic N) is 1. The fraction of sp³-hybridized carbons (Fsp3) is 0. The molecule has 0 heterocycles. The van der Waals surface area contributed by atoms with Gasteiger partial charge in [-0.2, -0.15) is 8.42 Å². The van der Waals surface area contributed by atoms with Gasteiger partial charge in [-0.25, -0.2) is 0 Å². The second-order valence-electron chi connectivity index (χ2n) is 2.51. The van der Waals surface area contributed by atoms with Gasteiger partial charge >= 0.3 is 5.69 Å². The molecule has 7 nitrogen and oxygen atoms in total. The molecule has 0 fully saturated rings. The normalized spacial score (nSPS) is 11.3. The Morgan fingerprint density at radius 1 is 1.40 bits per heavy atom. The number of halogens is 1. The molecule has 0 saturated heterocycles. The van der Waals surface area contributed by atoms with Crippen molar-refractivity contribution in [2.24, 2.45) is 0 Å². The molecule has 15 heavy (non-hydrogen) atoms. The average Bonchev–Trinajstić information content (AvgIpc) is 2.06. The Bertz CT molecular complexity index is 525. The van der Waals surface area contributed by atoms with Gasteiger partial charge in [-0.1, -0.05) is 11.6 Å². The van der Waals surface area contributed by atoms with Gasteiger partial charge in [0.2, 0.25) is 5.75 Å². The van der Waals surface area contributed by atoms with Crippen LogP contribution in [0.3, 0.4) is 0 Å². The minimum absolute atomic E-state index is 0.510. The topological polar surface area (TPSA) is 118 Å². The third-order valence-electron chi connectivity index (χ3n) is 1.51. The van der Waals surface area contributed by atoms with Gasteiger partial charge in [0.05, 0.1) is 9.95 Å². The van der Waals surface area contributed by atoms with Gasteiger partial charge in [0.15, 0.2) is 0 Å². The molecule has 0 aliphatic rings. The molecule has 0 radical (unpaired) electrons. The first kappa shape index (κ1) is 11.7. The number of rotatable bonds is 2. The summed E-state index contributed by atoms with van der Waals surface area (Å²) in [6.45, 7) is 0. The molecule has 1 aromatic carbocycles. The highest BCUT2D eigenvalue weighted by Gasteiger charge is 2.22. The van der Waals surface area contributed by atoms with E-state index >= 15 is 0 Å². The number of phenolic OH excluding ortho intramolecular Hbond substituents is 1. The van der Waals surface area contributed by atoms with Crippen LogP contribution in [-0.4, -0.2) is 23.0 Å². The lowest BCUT2D eigenvalue weighted by Gasteiger charge is -2.01. The SMILES string of the molecule is O=[N+]([O-])c1cc(S(=O)(=O)O)cc(Cl)c1O. The number of hydrogen-bond acceptors (Lipinski definition) is 5. The molecule has 1 rings (SSSR count). The summed E-state index contributed by atoms with van der Waals surface area (Å²) in [5.41, 5.74) is -0.893. The zero-order valence-corrected chi connectivity index (χ0v) is 8.49. The molecule has 82 valence electrons. The first-order valence-electron chi connectivity index (χ1n) is 3.38. The Kier molecular flexibility index (Phi) is 2.84. The number of hydrogen-bond donors (Lipinski definition) is 2. The quantitative estimate of drug-likeness (QED) is 0.464. The molecule has 0 aliphatic carbocycles. The van der Waals surface area contributed by atoms with E-state index in [1.807, 2.05) is 0 Å². The van der Waals surface area contributed by atoms with Crippen molar-refractivity contribution in [1.82, 2.24) is 0 Å². The predicted octanol–water partition coefficient (Wildman–Crippen LogP) is 1.20. The maximum Gasteiger partial charge on any atom is 0.313 e. The van der Waals surface area contributed by atoms with Gasteiger partial charge in [-0.3, -0.25) is 14.7 Å². The molecule has 0 amide bonds. The number of benzene rings is 1. The summed E-state index contributed by atoms with van der Waals surface area (Å²) in [7, 11) is -4.60. The van der Waals surface area contributed by atoms with Crippen LogP contribution in [0.15, 0.2) is 17.0 Å². The van der Waals surface area contributed by atoms with Crippen LogP contribution in [-0.2, 0) is 10.1 Å². The zero-order chi connectivity index (χ0) is 11.8. The Labute approximate surface area is 88.8 Å². The Hall–Kier alpha value is -1.38. The monoisotopic (exact) mass is 253 g/mol. The summed E-state index contributed by atoms with van der Waals surface area (Å²) in [4.78, 5) is 8.59. The van der Waals surface area contributed by atoms with Crippen LogP contribution >= 0.6 is 11.6 Å². The maximum atomic E-state index is 10.7. The summed E-state index contributed by atoms with van der Waals surface area (Å²) < 4.78 is 29.9. The van der Waals surface area contributed by atoms with E-state index in [0.29, 0.717) is 12.1 Å². The molecular weight excluding hydrogens is 250 g/mol. The molecule has 0 saturated carbocycles. The average molecular weight is 254 g/mol. The van der Waals surface area contributed by atoms with Crippen LogP contribution in [0.5, 0.6) is 5.75 Å². The van der Waals surface area contributed by atoms with E-state index in [1.165, 1.54) is 0 Å². The van der Waals surface area contributed by atoms with Gasteiger partial charge in [0.1, 0.15) is 4.90 Å². The first-order chi connectivity index (χ1) is 6.73. The van der Waals surface area contributed by atoms with Crippen LogP contribution in [0.2, 0.25) is 5.02 Å². The van der Waals surface area contributed by atoms with E-state index in [9.17, 15) is 18.5 Å². The van der Waals surface area contributed by atoms with Crippen molar-refractivity contribution in [3.05, 3.63) is 27.3 Å². The summed E-state index contributed by atoms with van der Waals surface area (Å²) in [5.74, 6) is -0.853. The fourth-order valence-electron chi connectivity index (χ4n) is 0.848. The van der Waals surface area contributed by atoms with Crippen molar-refractivity contribution < 1.29 is 23.0 Å². The van der Waals surface area contributed by atoms with Crippen molar-refractivity contribution in [3.63, 3.8) is 0 Å². The minimum Gasteiger partial charge on any atom is -0.501 e. The van der Waals surface area contributed by atoms with Crippen LogP contribution in [0, 0.1) is 10.1 Å². The van der Waals surface area contributed by atoms with Crippen molar-refractivity contribution in [2.75, 3.05) is 0 Å². The third-order valence-corrected chi connectivity index (χ3v) is 2.63. The summed E-state index contributed by atoms with van der Waals surface area (Å²) in [6, 6.07) is 1.22. The summed E-state index contributed by atoms with van der Waals surface area (Å²) in [6.07, 6.45) is 0. The Balaban J connectivity index is 3.57. The molecule has 0 unspecified atom stereocenters. The van der Waals surface area contributed by atoms with E-state index in [2.05, 4.69) is 0 Å². The fourth-order valence-corrected chi connectivity index (χ4v) is 1.65. The van der Waals surface area contributed by atoms with Gasteiger partial charge in [-0.15, -0.1) is 0 Å². The van der Waals surface area contributed by atoms with Crippen molar-refractivity contribution in [1.29, 1.82) is 0 Å². The van der Waals surface area contributed by atoms with Crippen molar-refractivity contribution in [2.45, 2.75) is 4.90 Å². The highest BCUT2D eigenvalue weighted by molar-refractivity contribution is 7.85. The third kappa shape index (κ3) is 2.35. The standard InChI is InChI=1S/C6H4ClNO6S/c7-4-1-3(15(12,13)14)2-5(6(4)9)8(10)11/h1-2,9H,(H,12,13,14). The highest BCUT2D eigenvalue weighted by atomic mass is 35.5. The van der Waals surface area contributed by atoms with Crippen LogP contribution in [0.25, 0.3) is 0 Å². The second-order valence-corrected chi connectivity index (χ2v) is 4.33. The smallest absolute Gasteiger partial charge is 0.313 e. The number of nitro benzene ring substituents is 1. The van der Waals surface area contributed by atoms with E-state index in [0.717, 1.165) is 0 Å². The Morgan fingerprint density at radius 2 is 1.93 bits per heavy atom. The molecule has 9 heteroatoms. The van der Waals surface area contributed by atoms with Crippen molar-refractivity contribution >= 4 is 27.4 Å². The lowest BCUT2D eigenvalue weighted by molar-refractivity contribution is -0.386. The maximum absolute atomic E-state index is 10.7. The number of phenols is 1. The number of nitro groups is 1. The molecule has 0 aromatic heterocycles. The van der Waals surface area contributed by atoms with Crippen molar-refractivity contribution in [3.8, 4) is 5.75 Å².